The summed E-state index contributed by atoms with van der Waals surface area (Å²) in [6.07, 6.45) is 1.73. The van der Waals surface area contributed by atoms with Crippen LogP contribution in [0, 0.1) is 0 Å². The number of aromatic nitrogens is 1. The van der Waals surface area contributed by atoms with Gasteiger partial charge in [0, 0.05) is 22.7 Å². The van der Waals surface area contributed by atoms with E-state index in [1.165, 1.54) is 0 Å². The second-order valence-electron chi connectivity index (χ2n) is 3.95. The van der Waals surface area contributed by atoms with Crippen molar-refractivity contribution in [2.75, 3.05) is 11.9 Å². The second-order valence-corrected chi connectivity index (χ2v) is 4.82. The Balaban J connectivity index is 1.98. The minimum Gasteiger partial charge on any atom is -0.478 e. The summed E-state index contributed by atoms with van der Waals surface area (Å²) >= 11 is 11.9. The first-order valence-corrected chi connectivity index (χ1v) is 6.70. The molecule has 0 saturated heterocycles. The van der Waals surface area contributed by atoms with Crippen molar-refractivity contribution < 1.29 is 4.74 Å². The molecule has 0 unspecified atom stereocenters. The third kappa shape index (κ3) is 4.30. The Morgan fingerprint density at radius 2 is 1.89 bits per heavy atom. The maximum Gasteiger partial charge on any atom is 0.213 e. The molecule has 1 aromatic carbocycles. The first kappa shape index (κ1) is 14.0. The van der Waals surface area contributed by atoms with Crippen LogP contribution in [0.25, 0.3) is 0 Å². The van der Waals surface area contributed by atoms with Crippen LogP contribution < -0.4 is 10.1 Å². The first-order chi connectivity index (χ1) is 9.17. The highest BCUT2D eigenvalue weighted by atomic mass is 35.5. The van der Waals surface area contributed by atoms with Crippen LogP contribution in [0.1, 0.15) is 12.5 Å². The Morgan fingerprint density at radius 1 is 1.16 bits per heavy atom. The Labute approximate surface area is 122 Å². The first-order valence-electron chi connectivity index (χ1n) is 5.95. The third-order valence-corrected chi connectivity index (χ3v) is 2.88. The van der Waals surface area contributed by atoms with Gasteiger partial charge in [-0.15, -0.1) is 0 Å². The third-order valence-electron chi connectivity index (χ3n) is 2.45. The van der Waals surface area contributed by atoms with Crippen molar-refractivity contribution in [3.63, 3.8) is 0 Å². The molecule has 0 aliphatic carbocycles. The number of nitrogens with one attached hydrogen (secondary N) is 1. The van der Waals surface area contributed by atoms with Crippen LogP contribution in [0.2, 0.25) is 10.0 Å². The molecule has 0 fully saturated rings. The van der Waals surface area contributed by atoms with Crippen LogP contribution in [0.4, 0.5) is 5.69 Å². The number of pyridine rings is 1. The topological polar surface area (TPSA) is 34.1 Å². The summed E-state index contributed by atoms with van der Waals surface area (Å²) in [5.41, 5.74) is 1.94. The number of rotatable bonds is 5. The van der Waals surface area contributed by atoms with Crippen LogP contribution >= 0.6 is 23.2 Å². The van der Waals surface area contributed by atoms with E-state index in [-0.39, 0.29) is 0 Å². The summed E-state index contributed by atoms with van der Waals surface area (Å²) in [7, 11) is 0. The van der Waals surface area contributed by atoms with E-state index in [2.05, 4.69) is 10.3 Å². The van der Waals surface area contributed by atoms with Gasteiger partial charge in [-0.1, -0.05) is 23.2 Å². The van der Waals surface area contributed by atoms with Gasteiger partial charge in [-0.05, 0) is 36.8 Å². The fraction of sp³-hybridized carbons (Fsp3) is 0.214. The van der Waals surface area contributed by atoms with E-state index in [0.717, 1.165) is 11.3 Å². The zero-order valence-electron chi connectivity index (χ0n) is 10.5. The van der Waals surface area contributed by atoms with Crippen LogP contribution in [0.15, 0.2) is 36.5 Å². The normalized spacial score (nSPS) is 10.3. The Hall–Kier alpha value is -1.45. The van der Waals surface area contributed by atoms with Gasteiger partial charge in [-0.2, -0.15) is 0 Å². The van der Waals surface area contributed by atoms with Crippen molar-refractivity contribution in [3.8, 4) is 5.88 Å². The van der Waals surface area contributed by atoms with E-state index < -0.39 is 0 Å². The average molecular weight is 297 g/mol. The van der Waals surface area contributed by atoms with Gasteiger partial charge in [-0.3, -0.25) is 0 Å². The molecule has 0 saturated carbocycles. The molecule has 0 amide bonds. The zero-order valence-corrected chi connectivity index (χ0v) is 12.0. The summed E-state index contributed by atoms with van der Waals surface area (Å²) in [5.74, 6) is 0.624. The largest absolute Gasteiger partial charge is 0.478 e. The molecule has 0 atom stereocenters. The fourth-order valence-electron chi connectivity index (χ4n) is 1.64. The molecule has 100 valence electrons. The Kier molecular flexibility index (Phi) is 4.88. The van der Waals surface area contributed by atoms with Crippen molar-refractivity contribution >= 4 is 28.9 Å². The van der Waals surface area contributed by atoms with Gasteiger partial charge in [0.1, 0.15) is 0 Å². The summed E-state index contributed by atoms with van der Waals surface area (Å²) in [6.45, 7) is 3.17. The maximum absolute atomic E-state index is 5.95. The van der Waals surface area contributed by atoms with E-state index in [4.69, 9.17) is 27.9 Å². The van der Waals surface area contributed by atoms with Gasteiger partial charge < -0.3 is 10.1 Å². The van der Waals surface area contributed by atoms with Crippen LogP contribution in [0.3, 0.4) is 0 Å². The molecule has 1 N–H and O–H groups in total. The molecule has 1 heterocycles. The number of anilines is 1. The molecule has 0 radical (unpaired) electrons. The molecule has 1 aromatic heterocycles. The predicted octanol–water partition coefficient (Wildman–Crippen LogP) is 4.40. The molecule has 2 aromatic rings. The lowest BCUT2D eigenvalue weighted by Crippen LogP contribution is -2.00. The second kappa shape index (κ2) is 6.64. The molecule has 3 nitrogen and oxygen atoms in total. The lowest BCUT2D eigenvalue weighted by atomic mass is 10.2. The van der Waals surface area contributed by atoms with Gasteiger partial charge in [0.05, 0.1) is 18.5 Å². The highest BCUT2D eigenvalue weighted by Crippen LogP contribution is 2.20. The number of nitrogens with zero attached hydrogens (tertiary/aromatic N) is 1. The van der Waals surface area contributed by atoms with E-state index in [1.54, 1.807) is 12.3 Å². The zero-order chi connectivity index (χ0) is 13.7. The summed E-state index contributed by atoms with van der Waals surface area (Å²) in [6, 6.07) is 9.22. The molecule has 0 spiro atoms. The molecule has 0 aliphatic rings. The van der Waals surface area contributed by atoms with Gasteiger partial charge in [0.15, 0.2) is 0 Å². The van der Waals surface area contributed by atoms with Gasteiger partial charge in [0.25, 0.3) is 0 Å². The van der Waals surface area contributed by atoms with Gasteiger partial charge in [0.2, 0.25) is 5.88 Å². The highest BCUT2D eigenvalue weighted by Gasteiger charge is 2.00. The van der Waals surface area contributed by atoms with Crippen LogP contribution in [-0.4, -0.2) is 11.6 Å². The smallest absolute Gasteiger partial charge is 0.213 e. The summed E-state index contributed by atoms with van der Waals surface area (Å²) < 4.78 is 5.28. The SMILES string of the molecule is CCOc1ccc(NCc2cc(Cl)cc(Cl)c2)cn1. The number of ether oxygens (including phenoxy) is 1. The van der Waals surface area contributed by atoms with Crippen LogP contribution in [-0.2, 0) is 6.54 Å². The van der Waals surface area contributed by atoms with Crippen molar-refractivity contribution in [2.45, 2.75) is 13.5 Å². The Morgan fingerprint density at radius 3 is 2.47 bits per heavy atom. The maximum atomic E-state index is 5.95. The van der Waals surface area contributed by atoms with Crippen LogP contribution in [0.5, 0.6) is 5.88 Å². The predicted molar refractivity (Wildman–Crippen MR) is 79.2 cm³/mol. The molecule has 0 bridgehead atoms. The van der Waals surface area contributed by atoms with Gasteiger partial charge >= 0.3 is 0 Å². The molecule has 19 heavy (non-hydrogen) atoms. The average Bonchev–Trinajstić information content (AvgIpc) is 2.37. The number of hydrogen-bond donors (Lipinski definition) is 1. The van der Waals surface area contributed by atoms with Crippen molar-refractivity contribution in [2.24, 2.45) is 0 Å². The quantitative estimate of drug-likeness (QED) is 0.888. The van der Waals surface area contributed by atoms with Crippen molar-refractivity contribution in [1.82, 2.24) is 4.98 Å². The summed E-state index contributed by atoms with van der Waals surface area (Å²) in [5, 5.41) is 4.52. The van der Waals surface area contributed by atoms with E-state index >= 15 is 0 Å². The highest BCUT2D eigenvalue weighted by molar-refractivity contribution is 6.34. The number of benzene rings is 1. The molecule has 5 heteroatoms. The van der Waals surface area contributed by atoms with E-state index in [0.29, 0.717) is 29.1 Å². The van der Waals surface area contributed by atoms with Crippen molar-refractivity contribution in [3.05, 3.63) is 52.1 Å². The molecule has 2 rings (SSSR count). The monoisotopic (exact) mass is 296 g/mol. The minimum atomic E-state index is 0.612. The lowest BCUT2D eigenvalue weighted by molar-refractivity contribution is 0.327. The molecular weight excluding hydrogens is 283 g/mol. The number of hydrogen-bond acceptors (Lipinski definition) is 3. The van der Waals surface area contributed by atoms with Gasteiger partial charge in [-0.25, -0.2) is 4.98 Å². The van der Waals surface area contributed by atoms with E-state index in [9.17, 15) is 0 Å². The lowest BCUT2D eigenvalue weighted by Gasteiger charge is -2.08. The number of halogens is 2. The summed E-state index contributed by atoms with van der Waals surface area (Å²) in [4.78, 5) is 4.18. The molecular formula is C14H14Cl2N2O. The standard InChI is InChI=1S/C14H14Cl2N2O/c1-2-19-14-4-3-13(9-18-14)17-8-10-5-11(15)7-12(16)6-10/h3-7,9,17H,2,8H2,1H3. The molecule has 0 aliphatic heterocycles. The Bertz CT molecular complexity index is 523. The minimum absolute atomic E-state index is 0.612. The van der Waals surface area contributed by atoms with Crippen molar-refractivity contribution in [1.29, 1.82) is 0 Å². The van der Waals surface area contributed by atoms with E-state index in [1.807, 2.05) is 31.2 Å². The fourth-order valence-corrected chi connectivity index (χ4v) is 2.21.